The molecule has 0 saturated heterocycles. The molecule has 1 heterocycles. The predicted molar refractivity (Wildman–Crippen MR) is 76.6 cm³/mol. The van der Waals surface area contributed by atoms with Crippen LogP contribution in [-0.2, 0) is 13.5 Å². The van der Waals surface area contributed by atoms with E-state index in [1.165, 1.54) is 19.3 Å². The van der Waals surface area contributed by atoms with E-state index in [1.54, 1.807) is 0 Å². The standard InChI is InChI=1S/C14H26N4/c1-5-12-13(15)14(18(4)17-12)16-11-7-9(2)6-10(3)8-11/h9-11,16H,5-8,15H2,1-4H3. The second kappa shape index (κ2) is 5.21. The van der Waals surface area contributed by atoms with Gasteiger partial charge in [-0.05, 0) is 37.5 Å². The van der Waals surface area contributed by atoms with Crippen molar-refractivity contribution >= 4 is 11.5 Å². The van der Waals surface area contributed by atoms with Crippen LogP contribution in [0.2, 0.25) is 0 Å². The van der Waals surface area contributed by atoms with Crippen LogP contribution in [0.1, 0.15) is 45.7 Å². The molecule has 18 heavy (non-hydrogen) atoms. The third kappa shape index (κ3) is 2.62. The van der Waals surface area contributed by atoms with Crippen molar-refractivity contribution in [3.63, 3.8) is 0 Å². The molecule has 3 N–H and O–H groups in total. The molecule has 0 bridgehead atoms. The largest absolute Gasteiger partial charge is 0.394 e. The summed E-state index contributed by atoms with van der Waals surface area (Å²) in [5.74, 6) is 2.59. The highest BCUT2D eigenvalue weighted by Crippen LogP contribution is 2.32. The maximum atomic E-state index is 6.16. The summed E-state index contributed by atoms with van der Waals surface area (Å²) < 4.78 is 1.89. The number of nitrogens with two attached hydrogens (primary N) is 1. The Bertz CT molecular complexity index is 400. The van der Waals surface area contributed by atoms with Gasteiger partial charge in [0.2, 0.25) is 0 Å². The van der Waals surface area contributed by atoms with Crippen LogP contribution in [0, 0.1) is 11.8 Å². The van der Waals surface area contributed by atoms with Crippen molar-refractivity contribution in [2.45, 2.75) is 52.5 Å². The third-order valence-corrected chi connectivity index (χ3v) is 4.01. The molecule has 4 heteroatoms. The van der Waals surface area contributed by atoms with Gasteiger partial charge in [-0.15, -0.1) is 0 Å². The van der Waals surface area contributed by atoms with Crippen LogP contribution in [0.15, 0.2) is 0 Å². The van der Waals surface area contributed by atoms with Crippen LogP contribution in [-0.4, -0.2) is 15.8 Å². The molecule has 2 unspecified atom stereocenters. The zero-order valence-corrected chi connectivity index (χ0v) is 12.0. The smallest absolute Gasteiger partial charge is 0.147 e. The van der Waals surface area contributed by atoms with Crippen molar-refractivity contribution in [1.82, 2.24) is 9.78 Å². The first-order valence-corrected chi connectivity index (χ1v) is 7.09. The van der Waals surface area contributed by atoms with Crippen LogP contribution in [0.4, 0.5) is 11.5 Å². The zero-order chi connectivity index (χ0) is 13.3. The average Bonchev–Trinajstić information content (AvgIpc) is 2.55. The van der Waals surface area contributed by atoms with E-state index in [-0.39, 0.29) is 0 Å². The zero-order valence-electron chi connectivity index (χ0n) is 12.0. The van der Waals surface area contributed by atoms with Gasteiger partial charge >= 0.3 is 0 Å². The van der Waals surface area contributed by atoms with Crippen molar-refractivity contribution in [1.29, 1.82) is 0 Å². The van der Waals surface area contributed by atoms with Gasteiger partial charge < -0.3 is 11.1 Å². The molecule has 0 amide bonds. The highest BCUT2D eigenvalue weighted by Gasteiger charge is 2.25. The lowest BCUT2D eigenvalue weighted by Gasteiger charge is -2.32. The number of aryl methyl sites for hydroxylation is 2. The lowest BCUT2D eigenvalue weighted by Crippen LogP contribution is -2.31. The summed E-state index contributed by atoms with van der Waals surface area (Å²) in [5.41, 5.74) is 7.98. The van der Waals surface area contributed by atoms with Gasteiger partial charge in [-0.3, -0.25) is 4.68 Å². The Morgan fingerprint density at radius 3 is 2.39 bits per heavy atom. The quantitative estimate of drug-likeness (QED) is 0.867. The molecule has 1 aliphatic carbocycles. The van der Waals surface area contributed by atoms with Crippen molar-refractivity contribution in [2.75, 3.05) is 11.1 Å². The molecule has 1 saturated carbocycles. The Morgan fingerprint density at radius 2 is 1.89 bits per heavy atom. The number of nitrogen functional groups attached to an aromatic ring is 1. The molecule has 1 aromatic heterocycles. The fraction of sp³-hybridized carbons (Fsp3) is 0.786. The first-order chi connectivity index (χ1) is 8.51. The van der Waals surface area contributed by atoms with Crippen LogP contribution >= 0.6 is 0 Å². The van der Waals surface area contributed by atoms with E-state index in [0.29, 0.717) is 6.04 Å². The van der Waals surface area contributed by atoms with E-state index in [2.05, 4.69) is 31.2 Å². The van der Waals surface area contributed by atoms with E-state index < -0.39 is 0 Å². The van der Waals surface area contributed by atoms with Crippen LogP contribution < -0.4 is 11.1 Å². The van der Waals surface area contributed by atoms with Crippen molar-refractivity contribution in [3.8, 4) is 0 Å². The first kappa shape index (κ1) is 13.2. The molecule has 0 aliphatic heterocycles. The summed E-state index contributed by atoms with van der Waals surface area (Å²) in [6.45, 7) is 6.77. The number of rotatable bonds is 3. The summed E-state index contributed by atoms with van der Waals surface area (Å²) in [6, 6.07) is 0.533. The van der Waals surface area contributed by atoms with Crippen LogP contribution in [0.3, 0.4) is 0 Å². The fourth-order valence-corrected chi connectivity index (χ4v) is 3.29. The number of hydrogen-bond acceptors (Lipinski definition) is 3. The molecule has 0 aromatic carbocycles. The summed E-state index contributed by atoms with van der Waals surface area (Å²) >= 11 is 0. The van der Waals surface area contributed by atoms with Crippen molar-refractivity contribution < 1.29 is 0 Å². The summed E-state index contributed by atoms with van der Waals surface area (Å²) in [6.07, 6.45) is 4.70. The van der Waals surface area contributed by atoms with E-state index in [0.717, 1.165) is 35.5 Å². The van der Waals surface area contributed by atoms with Gasteiger partial charge in [0, 0.05) is 13.1 Å². The van der Waals surface area contributed by atoms with Gasteiger partial charge in [-0.25, -0.2) is 0 Å². The van der Waals surface area contributed by atoms with E-state index in [9.17, 15) is 0 Å². The Labute approximate surface area is 110 Å². The molecule has 102 valence electrons. The van der Waals surface area contributed by atoms with E-state index in [1.807, 2.05) is 11.7 Å². The van der Waals surface area contributed by atoms with E-state index in [4.69, 9.17) is 5.73 Å². The average molecular weight is 250 g/mol. The third-order valence-electron chi connectivity index (χ3n) is 4.01. The normalized spacial score (nSPS) is 28.3. The molecule has 1 aliphatic rings. The summed E-state index contributed by atoms with van der Waals surface area (Å²) in [7, 11) is 1.97. The highest BCUT2D eigenvalue weighted by molar-refractivity contribution is 5.65. The molecule has 0 spiro atoms. The van der Waals surface area contributed by atoms with Crippen molar-refractivity contribution in [2.24, 2.45) is 18.9 Å². The van der Waals surface area contributed by atoms with Crippen LogP contribution in [0.5, 0.6) is 0 Å². The second-order valence-corrected chi connectivity index (χ2v) is 5.94. The van der Waals surface area contributed by atoms with Gasteiger partial charge in [0.25, 0.3) is 0 Å². The molecule has 0 radical (unpaired) electrons. The number of nitrogens with one attached hydrogen (secondary N) is 1. The van der Waals surface area contributed by atoms with Gasteiger partial charge in [0.05, 0.1) is 11.4 Å². The SMILES string of the molecule is CCc1nn(C)c(NC2CC(C)CC(C)C2)c1N. The molecular weight excluding hydrogens is 224 g/mol. The Hall–Kier alpha value is -1.19. The number of anilines is 2. The molecule has 4 nitrogen and oxygen atoms in total. The minimum Gasteiger partial charge on any atom is -0.394 e. The molecule has 1 aromatic rings. The lowest BCUT2D eigenvalue weighted by atomic mass is 9.80. The van der Waals surface area contributed by atoms with Gasteiger partial charge in [-0.2, -0.15) is 5.10 Å². The maximum Gasteiger partial charge on any atom is 0.147 e. The van der Waals surface area contributed by atoms with Crippen molar-refractivity contribution in [3.05, 3.63) is 5.69 Å². The second-order valence-electron chi connectivity index (χ2n) is 5.94. The first-order valence-electron chi connectivity index (χ1n) is 7.09. The molecule has 2 rings (SSSR count). The van der Waals surface area contributed by atoms with Gasteiger partial charge in [0.15, 0.2) is 0 Å². The summed E-state index contributed by atoms with van der Waals surface area (Å²) in [5, 5.41) is 8.07. The highest BCUT2D eigenvalue weighted by atomic mass is 15.3. The Morgan fingerprint density at radius 1 is 1.28 bits per heavy atom. The Balaban J connectivity index is 2.11. The molecule has 2 atom stereocenters. The van der Waals surface area contributed by atoms with Gasteiger partial charge in [0.1, 0.15) is 5.82 Å². The predicted octanol–water partition coefficient (Wildman–Crippen LogP) is 2.80. The fourth-order valence-electron chi connectivity index (χ4n) is 3.29. The monoisotopic (exact) mass is 250 g/mol. The molecule has 1 fully saturated rings. The Kier molecular flexibility index (Phi) is 3.83. The molecular formula is C14H26N4. The minimum absolute atomic E-state index is 0.533. The topological polar surface area (TPSA) is 55.9 Å². The van der Waals surface area contributed by atoms with E-state index >= 15 is 0 Å². The minimum atomic E-state index is 0.533. The number of nitrogens with zero attached hydrogens (tertiary/aromatic N) is 2. The lowest BCUT2D eigenvalue weighted by molar-refractivity contribution is 0.280. The summed E-state index contributed by atoms with van der Waals surface area (Å²) in [4.78, 5) is 0. The van der Waals surface area contributed by atoms with Gasteiger partial charge in [-0.1, -0.05) is 20.8 Å². The maximum absolute atomic E-state index is 6.16. The van der Waals surface area contributed by atoms with Crippen LogP contribution in [0.25, 0.3) is 0 Å². The number of aromatic nitrogens is 2. The number of hydrogen-bond donors (Lipinski definition) is 2.